The Morgan fingerprint density at radius 2 is 1.72 bits per heavy atom. The Labute approximate surface area is 150 Å². The summed E-state index contributed by atoms with van der Waals surface area (Å²) in [7, 11) is 0. The zero-order chi connectivity index (χ0) is 18.2. The van der Waals surface area contributed by atoms with Crippen LogP contribution in [0.3, 0.4) is 0 Å². The van der Waals surface area contributed by atoms with Crippen LogP contribution >= 0.6 is 0 Å². The lowest BCUT2D eigenvalue weighted by molar-refractivity contribution is -0.127. The third-order valence-corrected chi connectivity index (χ3v) is 4.08. The first-order valence-electron chi connectivity index (χ1n) is 8.82. The van der Waals surface area contributed by atoms with E-state index in [4.69, 9.17) is 9.47 Å². The first kappa shape index (κ1) is 18.8. The Hall–Kier alpha value is -2.49. The number of carbonyl (C=O) groups excluding carboxylic acids is 1. The Morgan fingerprint density at radius 1 is 1.04 bits per heavy atom. The van der Waals surface area contributed by atoms with Crippen molar-refractivity contribution in [3.63, 3.8) is 0 Å². The number of amides is 1. The van der Waals surface area contributed by atoms with E-state index < -0.39 is 6.10 Å². The summed E-state index contributed by atoms with van der Waals surface area (Å²) in [6, 6.07) is 15.5. The van der Waals surface area contributed by atoms with Crippen molar-refractivity contribution in [2.24, 2.45) is 0 Å². The van der Waals surface area contributed by atoms with Gasteiger partial charge in [0.05, 0.1) is 12.6 Å². The van der Waals surface area contributed by atoms with Gasteiger partial charge in [-0.1, -0.05) is 37.3 Å². The summed E-state index contributed by atoms with van der Waals surface area (Å²) >= 11 is 0. The van der Waals surface area contributed by atoms with Crippen molar-refractivity contribution >= 4 is 5.91 Å². The van der Waals surface area contributed by atoms with E-state index in [0.29, 0.717) is 6.61 Å². The molecular formula is C21H27NO3. The monoisotopic (exact) mass is 341 g/mol. The lowest BCUT2D eigenvalue weighted by Gasteiger charge is -2.20. The van der Waals surface area contributed by atoms with Gasteiger partial charge in [0.2, 0.25) is 0 Å². The molecule has 4 nitrogen and oxygen atoms in total. The highest BCUT2D eigenvalue weighted by Crippen LogP contribution is 2.21. The second-order valence-electron chi connectivity index (χ2n) is 5.95. The van der Waals surface area contributed by atoms with Crippen LogP contribution in [0.2, 0.25) is 0 Å². The Bertz CT molecular complexity index is 682. The van der Waals surface area contributed by atoms with Crippen LogP contribution < -0.4 is 14.8 Å². The molecule has 134 valence electrons. The fraction of sp³-hybridized carbons (Fsp3) is 0.381. The van der Waals surface area contributed by atoms with Gasteiger partial charge in [-0.05, 0) is 56.5 Å². The molecule has 1 amide bonds. The first-order chi connectivity index (χ1) is 12.0. The molecule has 0 saturated heterocycles. The Balaban J connectivity index is 1.95. The maximum Gasteiger partial charge on any atom is 0.261 e. The molecule has 2 aromatic carbocycles. The van der Waals surface area contributed by atoms with Crippen LogP contribution in [0.4, 0.5) is 0 Å². The summed E-state index contributed by atoms with van der Waals surface area (Å²) in [5.41, 5.74) is 2.12. The minimum absolute atomic E-state index is 0.101. The van der Waals surface area contributed by atoms with Crippen molar-refractivity contribution in [2.45, 2.75) is 46.3 Å². The van der Waals surface area contributed by atoms with E-state index in [1.54, 1.807) is 6.92 Å². The third kappa shape index (κ3) is 5.24. The summed E-state index contributed by atoms with van der Waals surface area (Å²) in [4.78, 5) is 12.4. The third-order valence-electron chi connectivity index (χ3n) is 4.08. The van der Waals surface area contributed by atoms with Crippen LogP contribution in [0.25, 0.3) is 0 Å². The molecule has 2 atom stereocenters. The van der Waals surface area contributed by atoms with Gasteiger partial charge in [0.25, 0.3) is 5.91 Å². The zero-order valence-electron chi connectivity index (χ0n) is 15.4. The normalized spacial score (nSPS) is 13.0. The number of ether oxygens (including phenoxy) is 2. The highest BCUT2D eigenvalue weighted by Gasteiger charge is 2.18. The molecule has 0 fully saturated rings. The molecule has 1 N–H and O–H groups in total. The summed E-state index contributed by atoms with van der Waals surface area (Å²) in [6.07, 6.45) is 0.311. The molecule has 0 saturated carbocycles. The predicted octanol–water partition coefficient (Wildman–Crippen LogP) is 4.29. The van der Waals surface area contributed by atoms with Crippen LogP contribution in [-0.4, -0.2) is 18.6 Å². The van der Waals surface area contributed by atoms with E-state index in [2.05, 4.69) is 12.2 Å². The van der Waals surface area contributed by atoms with Gasteiger partial charge in [-0.3, -0.25) is 4.79 Å². The minimum atomic E-state index is -0.558. The van der Waals surface area contributed by atoms with Crippen LogP contribution in [0.15, 0.2) is 48.5 Å². The van der Waals surface area contributed by atoms with E-state index in [9.17, 15) is 4.79 Å². The fourth-order valence-corrected chi connectivity index (χ4v) is 2.59. The SMILES string of the molecule is CCOc1ccc([C@@H](C)NC(=O)[C@@H](C)Oc2ccccc2CC)cc1. The van der Waals surface area contributed by atoms with Crippen molar-refractivity contribution < 1.29 is 14.3 Å². The average Bonchev–Trinajstić information content (AvgIpc) is 2.63. The molecule has 2 aromatic rings. The van der Waals surface area contributed by atoms with Crippen LogP contribution in [0.1, 0.15) is 44.9 Å². The topological polar surface area (TPSA) is 47.6 Å². The molecule has 0 aliphatic carbocycles. The van der Waals surface area contributed by atoms with Gasteiger partial charge in [0.1, 0.15) is 11.5 Å². The van der Waals surface area contributed by atoms with E-state index in [1.807, 2.05) is 62.4 Å². The molecule has 0 aromatic heterocycles. The van der Waals surface area contributed by atoms with Crippen molar-refractivity contribution in [3.05, 3.63) is 59.7 Å². The quantitative estimate of drug-likeness (QED) is 0.779. The van der Waals surface area contributed by atoms with Crippen molar-refractivity contribution in [3.8, 4) is 11.5 Å². The number of carbonyl (C=O) groups is 1. The van der Waals surface area contributed by atoms with E-state index in [1.165, 1.54) is 0 Å². The highest BCUT2D eigenvalue weighted by atomic mass is 16.5. The van der Waals surface area contributed by atoms with E-state index in [-0.39, 0.29) is 11.9 Å². The zero-order valence-corrected chi connectivity index (χ0v) is 15.4. The van der Waals surface area contributed by atoms with Gasteiger partial charge in [0.15, 0.2) is 6.10 Å². The smallest absolute Gasteiger partial charge is 0.261 e. The molecule has 0 bridgehead atoms. The Morgan fingerprint density at radius 3 is 2.36 bits per heavy atom. The summed E-state index contributed by atoms with van der Waals surface area (Å²) < 4.78 is 11.3. The molecule has 0 aliphatic rings. The standard InChI is InChI=1S/C21H27NO3/c1-5-17-9-7-8-10-20(17)25-16(4)21(23)22-15(3)18-11-13-19(14-12-18)24-6-2/h7-16H,5-6H2,1-4H3,(H,22,23)/t15-,16-/m1/s1. The minimum Gasteiger partial charge on any atom is -0.494 e. The van der Waals surface area contributed by atoms with Crippen LogP contribution in [0.5, 0.6) is 11.5 Å². The van der Waals surface area contributed by atoms with Gasteiger partial charge in [-0.25, -0.2) is 0 Å². The van der Waals surface area contributed by atoms with E-state index in [0.717, 1.165) is 29.0 Å². The lowest BCUT2D eigenvalue weighted by Crippen LogP contribution is -2.37. The van der Waals surface area contributed by atoms with Gasteiger partial charge < -0.3 is 14.8 Å². The average molecular weight is 341 g/mol. The second kappa shape index (κ2) is 9.11. The van der Waals surface area contributed by atoms with Gasteiger partial charge >= 0.3 is 0 Å². The van der Waals surface area contributed by atoms with Gasteiger partial charge in [-0.15, -0.1) is 0 Å². The van der Waals surface area contributed by atoms with Crippen molar-refractivity contribution in [1.29, 1.82) is 0 Å². The summed E-state index contributed by atoms with van der Waals surface area (Å²) in [5, 5.41) is 3.00. The summed E-state index contributed by atoms with van der Waals surface area (Å²) in [5.74, 6) is 1.46. The molecule has 0 heterocycles. The number of hydrogen-bond acceptors (Lipinski definition) is 3. The van der Waals surface area contributed by atoms with Crippen LogP contribution in [-0.2, 0) is 11.2 Å². The maximum absolute atomic E-state index is 12.4. The largest absolute Gasteiger partial charge is 0.494 e. The molecule has 0 spiro atoms. The van der Waals surface area contributed by atoms with Gasteiger partial charge in [0, 0.05) is 0 Å². The number of para-hydroxylation sites is 1. The number of aryl methyl sites for hydroxylation is 1. The molecule has 2 rings (SSSR count). The lowest BCUT2D eigenvalue weighted by atomic mass is 10.1. The molecular weight excluding hydrogens is 314 g/mol. The molecule has 4 heteroatoms. The molecule has 25 heavy (non-hydrogen) atoms. The molecule has 0 unspecified atom stereocenters. The van der Waals surface area contributed by atoms with Crippen LogP contribution in [0, 0.1) is 0 Å². The van der Waals surface area contributed by atoms with Crippen molar-refractivity contribution in [2.75, 3.05) is 6.61 Å². The first-order valence-corrected chi connectivity index (χ1v) is 8.82. The molecule has 0 aliphatic heterocycles. The number of benzene rings is 2. The van der Waals surface area contributed by atoms with Crippen molar-refractivity contribution in [1.82, 2.24) is 5.32 Å². The number of nitrogens with one attached hydrogen (secondary N) is 1. The summed E-state index contributed by atoms with van der Waals surface area (Å²) in [6.45, 7) is 8.39. The predicted molar refractivity (Wildman–Crippen MR) is 100 cm³/mol. The fourth-order valence-electron chi connectivity index (χ4n) is 2.59. The highest BCUT2D eigenvalue weighted by molar-refractivity contribution is 5.81. The van der Waals surface area contributed by atoms with Gasteiger partial charge in [-0.2, -0.15) is 0 Å². The Kier molecular flexibility index (Phi) is 6.87. The number of hydrogen-bond donors (Lipinski definition) is 1. The number of rotatable bonds is 8. The maximum atomic E-state index is 12.4. The second-order valence-corrected chi connectivity index (χ2v) is 5.95. The van der Waals surface area contributed by atoms with E-state index >= 15 is 0 Å². The molecule has 0 radical (unpaired) electrons.